The summed E-state index contributed by atoms with van der Waals surface area (Å²) in [6.45, 7) is 3.89. The van der Waals surface area contributed by atoms with Gasteiger partial charge in [-0.2, -0.15) is 0 Å². The Morgan fingerprint density at radius 3 is 2.78 bits per heavy atom. The average Bonchev–Trinajstić information content (AvgIpc) is 2.38. The van der Waals surface area contributed by atoms with Crippen molar-refractivity contribution in [2.75, 3.05) is 0 Å². The Morgan fingerprint density at radius 2 is 2.06 bits per heavy atom. The number of aromatic nitrogens is 1. The normalized spacial score (nSPS) is 12.4. The Kier molecular flexibility index (Phi) is 4.39. The molecule has 3 heteroatoms. The zero-order chi connectivity index (χ0) is 13.0. The van der Waals surface area contributed by atoms with Crippen LogP contribution >= 0.6 is 11.8 Å². The molecular weight excluding hydrogens is 242 g/mol. The van der Waals surface area contributed by atoms with Crippen LogP contribution in [0.15, 0.2) is 47.6 Å². The summed E-state index contributed by atoms with van der Waals surface area (Å²) in [4.78, 5) is 4.32. The summed E-state index contributed by atoms with van der Waals surface area (Å²) in [5, 5.41) is 10.5. The van der Waals surface area contributed by atoms with Gasteiger partial charge in [0.2, 0.25) is 0 Å². The van der Waals surface area contributed by atoms with Crippen molar-refractivity contribution in [1.29, 1.82) is 0 Å². The third-order valence-corrected chi connectivity index (χ3v) is 3.85. The van der Waals surface area contributed by atoms with E-state index in [1.165, 1.54) is 11.1 Å². The van der Waals surface area contributed by atoms with Crippen molar-refractivity contribution in [3.63, 3.8) is 0 Å². The van der Waals surface area contributed by atoms with Crippen LogP contribution in [0.2, 0.25) is 0 Å². The van der Waals surface area contributed by atoms with E-state index in [0.717, 1.165) is 16.3 Å². The summed E-state index contributed by atoms with van der Waals surface area (Å²) < 4.78 is 0. The zero-order valence-electron chi connectivity index (χ0n) is 10.6. The molecule has 1 atom stereocenters. The van der Waals surface area contributed by atoms with Gasteiger partial charge in [0.05, 0.1) is 11.1 Å². The average molecular weight is 259 g/mol. The molecule has 0 spiro atoms. The summed E-state index contributed by atoms with van der Waals surface area (Å²) >= 11 is 1.70. The third kappa shape index (κ3) is 3.34. The Morgan fingerprint density at radius 1 is 1.28 bits per heavy atom. The van der Waals surface area contributed by atoms with Gasteiger partial charge in [-0.05, 0) is 42.7 Å². The number of aliphatic hydroxyl groups is 1. The van der Waals surface area contributed by atoms with E-state index < -0.39 is 6.10 Å². The Labute approximate surface area is 112 Å². The Balaban J connectivity index is 2.07. The van der Waals surface area contributed by atoms with E-state index in [2.05, 4.69) is 36.2 Å². The molecule has 1 N–H and O–H groups in total. The van der Waals surface area contributed by atoms with E-state index in [0.29, 0.717) is 0 Å². The lowest BCUT2D eigenvalue weighted by Crippen LogP contribution is -1.93. The lowest BCUT2D eigenvalue weighted by molar-refractivity contribution is 0.199. The predicted octanol–water partition coefficient (Wildman–Crippen LogP) is 3.74. The highest BCUT2D eigenvalue weighted by Gasteiger charge is 2.04. The predicted molar refractivity (Wildman–Crippen MR) is 75.6 cm³/mol. The molecule has 2 nitrogen and oxygen atoms in total. The van der Waals surface area contributed by atoms with Crippen molar-refractivity contribution in [1.82, 2.24) is 4.98 Å². The number of pyridine rings is 1. The molecule has 1 aromatic heterocycles. The summed E-state index contributed by atoms with van der Waals surface area (Å²) in [7, 11) is 0. The molecule has 0 radical (unpaired) electrons. The van der Waals surface area contributed by atoms with Crippen LogP contribution in [0.5, 0.6) is 0 Å². The highest BCUT2D eigenvalue weighted by molar-refractivity contribution is 7.98. The van der Waals surface area contributed by atoms with Crippen LogP contribution in [-0.2, 0) is 5.75 Å². The van der Waals surface area contributed by atoms with Gasteiger partial charge in [0, 0.05) is 11.9 Å². The first-order valence-electron chi connectivity index (χ1n) is 5.98. The molecule has 1 aromatic carbocycles. The SMILES string of the molecule is Cc1ccccc1CSc1cc(C(C)O)ccn1. The zero-order valence-corrected chi connectivity index (χ0v) is 11.4. The van der Waals surface area contributed by atoms with E-state index in [1.54, 1.807) is 24.9 Å². The largest absolute Gasteiger partial charge is 0.389 e. The number of aryl methyl sites for hydroxylation is 1. The quantitative estimate of drug-likeness (QED) is 0.849. The minimum Gasteiger partial charge on any atom is -0.389 e. The number of rotatable bonds is 4. The van der Waals surface area contributed by atoms with Crippen LogP contribution in [0.4, 0.5) is 0 Å². The number of thioether (sulfide) groups is 1. The molecule has 0 saturated heterocycles. The van der Waals surface area contributed by atoms with Gasteiger partial charge in [0.1, 0.15) is 0 Å². The van der Waals surface area contributed by atoms with E-state index >= 15 is 0 Å². The molecule has 0 amide bonds. The maximum atomic E-state index is 9.54. The van der Waals surface area contributed by atoms with Crippen molar-refractivity contribution in [3.05, 3.63) is 59.3 Å². The second-order valence-corrected chi connectivity index (χ2v) is 5.31. The van der Waals surface area contributed by atoms with Crippen LogP contribution in [-0.4, -0.2) is 10.1 Å². The van der Waals surface area contributed by atoms with Gasteiger partial charge < -0.3 is 5.11 Å². The smallest absolute Gasteiger partial charge is 0.0966 e. The minimum atomic E-state index is -0.439. The molecule has 0 bridgehead atoms. The van der Waals surface area contributed by atoms with Crippen molar-refractivity contribution in [2.45, 2.75) is 30.7 Å². The van der Waals surface area contributed by atoms with Gasteiger partial charge >= 0.3 is 0 Å². The first-order valence-corrected chi connectivity index (χ1v) is 6.96. The topological polar surface area (TPSA) is 33.1 Å². The van der Waals surface area contributed by atoms with Gasteiger partial charge in [0.25, 0.3) is 0 Å². The fraction of sp³-hybridized carbons (Fsp3) is 0.267. The molecule has 0 saturated carbocycles. The third-order valence-electron chi connectivity index (χ3n) is 2.88. The Bertz CT molecular complexity index is 525. The highest BCUT2D eigenvalue weighted by atomic mass is 32.2. The van der Waals surface area contributed by atoms with Crippen molar-refractivity contribution >= 4 is 11.8 Å². The van der Waals surface area contributed by atoms with Crippen molar-refractivity contribution in [3.8, 4) is 0 Å². The fourth-order valence-corrected chi connectivity index (χ4v) is 2.67. The summed E-state index contributed by atoms with van der Waals surface area (Å²) in [5.74, 6) is 0.906. The number of hydrogen-bond donors (Lipinski definition) is 1. The van der Waals surface area contributed by atoms with Gasteiger partial charge in [-0.1, -0.05) is 24.3 Å². The molecule has 0 aliphatic heterocycles. The maximum absolute atomic E-state index is 9.54. The van der Waals surface area contributed by atoms with Crippen molar-refractivity contribution in [2.24, 2.45) is 0 Å². The van der Waals surface area contributed by atoms with Crippen molar-refractivity contribution < 1.29 is 5.11 Å². The fourth-order valence-electron chi connectivity index (χ4n) is 1.69. The molecule has 2 rings (SSSR count). The summed E-state index contributed by atoms with van der Waals surface area (Å²) in [6.07, 6.45) is 1.31. The van der Waals surface area contributed by atoms with E-state index in [4.69, 9.17) is 0 Å². The minimum absolute atomic E-state index is 0.439. The monoisotopic (exact) mass is 259 g/mol. The van der Waals surface area contributed by atoms with E-state index in [1.807, 2.05) is 12.1 Å². The highest BCUT2D eigenvalue weighted by Crippen LogP contribution is 2.24. The maximum Gasteiger partial charge on any atom is 0.0966 e. The standard InChI is InChI=1S/C15H17NOS/c1-11-5-3-4-6-14(11)10-18-15-9-13(12(2)17)7-8-16-15/h3-9,12,17H,10H2,1-2H3. The molecular formula is C15H17NOS. The summed E-state index contributed by atoms with van der Waals surface area (Å²) in [6, 6.07) is 12.2. The first-order chi connectivity index (χ1) is 8.66. The molecule has 0 aliphatic rings. The van der Waals surface area contributed by atoms with Crippen LogP contribution in [0.3, 0.4) is 0 Å². The van der Waals surface area contributed by atoms with Gasteiger partial charge in [-0.15, -0.1) is 11.8 Å². The number of benzene rings is 1. The van der Waals surface area contributed by atoms with Gasteiger partial charge in [-0.25, -0.2) is 4.98 Å². The summed E-state index contributed by atoms with van der Waals surface area (Å²) in [5.41, 5.74) is 3.54. The molecule has 0 fully saturated rings. The molecule has 1 heterocycles. The molecule has 18 heavy (non-hydrogen) atoms. The molecule has 2 aromatic rings. The second-order valence-electron chi connectivity index (χ2n) is 4.32. The van der Waals surface area contributed by atoms with Crippen LogP contribution in [0.1, 0.15) is 29.7 Å². The lowest BCUT2D eigenvalue weighted by atomic mass is 10.1. The molecule has 0 aliphatic carbocycles. The van der Waals surface area contributed by atoms with Crippen LogP contribution in [0.25, 0.3) is 0 Å². The number of nitrogens with zero attached hydrogens (tertiary/aromatic N) is 1. The Hall–Kier alpha value is -1.32. The van der Waals surface area contributed by atoms with Crippen LogP contribution in [0, 0.1) is 6.92 Å². The van der Waals surface area contributed by atoms with Crippen LogP contribution < -0.4 is 0 Å². The van der Waals surface area contributed by atoms with E-state index in [9.17, 15) is 5.11 Å². The molecule has 94 valence electrons. The van der Waals surface area contributed by atoms with E-state index in [-0.39, 0.29) is 0 Å². The number of hydrogen-bond acceptors (Lipinski definition) is 3. The van der Waals surface area contributed by atoms with Gasteiger partial charge in [-0.3, -0.25) is 0 Å². The first kappa shape index (κ1) is 13.1. The lowest BCUT2D eigenvalue weighted by Gasteiger charge is -2.07. The molecule has 1 unspecified atom stereocenters. The second kappa shape index (κ2) is 6.03. The van der Waals surface area contributed by atoms with Gasteiger partial charge in [0.15, 0.2) is 0 Å². The number of aliphatic hydroxyl groups excluding tert-OH is 1.